The molecule has 0 spiro atoms. The van der Waals surface area contributed by atoms with Crippen LogP contribution in [0.5, 0.6) is 0 Å². The van der Waals surface area contributed by atoms with Crippen LogP contribution >= 0.6 is 0 Å². The van der Waals surface area contributed by atoms with E-state index in [1.165, 1.54) is 0 Å². The summed E-state index contributed by atoms with van der Waals surface area (Å²) in [4.78, 5) is 27.3. The van der Waals surface area contributed by atoms with Gasteiger partial charge < -0.3 is 4.79 Å². The topological polar surface area (TPSA) is 47.0 Å². The highest BCUT2D eigenvalue weighted by molar-refractivity contribution is 6.08. The number of carbonyl (C=O) groups excluding carboxylic acids is 2. The Hall–Kier alpha value is -2.03. The molecule has 0 amide bonds. The first-order valence-electron chi connectivity index (χ1n) is 6.45. The third-order valence-corrected chi connectivity index (χ3v) is 3.22. The van der Waals surface area contributed by atoms with Crippen LogP contribution in [0.4, 0.5) is 0 Å². The summed E-state index contributed by atoms with van der Waals surface area (Å²) in [7, 11) is 0. The van der Waals surface area contributed by atoms with Crippen molar-refractivity contribution >= 4 is 22.3 Å². The fraction of sp³-hybridized carbons (Fsp3) is 0.312. The zero-order valence-corrected chi connectivity index (χ0v) is 11.3. The number of hydrogen-bond acceptors (Lipinski definition) is 3. The fourth-order valence-electron chi connectivity index (χ4n) is 2.27. The molecule has 2 aromatic rings. The van der Waals surface area contributed by atoms with Crippen LogP contribution in [0.1, 0.15) is 42.1 Å². The minimum absolute atomic E-state index is 0.0636. The van der Waals surface area contributed by atoms with E-state index in [0.29, 0.717) is 24.8 Å². The maximum Gasteiger partial charge on any atom is 0.165 e. The largest absolute Gasteiger partial charge is 0.300 e. The lowest BCUT2D eigenvalue weighted by atomic mass is 9.97. The third-order valence-electron chi connectivity index (χ3n) is 3.22. The lowest BCUT2D eigenvalue weighted by Crippen LogP contribution is -2.03. The first kappa shape index (κ1) is 13.4. The van der Waals surface area contributed by atoms with E-state index in [0.717, 1.165) is 16.3 Å². The van der Waals surface area contributed by atoms with Crippen LogP contribution in [-0.4, -0.2) is 16.6 Å². The summed E-state index contributed by atoms with van der Waals surface area (Å²) >= 11 is 0. The molecule has 98 valence electrons. The van der Waals surface area contributed by atoms with Crippen LogP contribution in [0.3, 0.4) is 0 Å². The molecule has 0 radical (unpaired) electrons. The molecule has 0 aliphatic heterocycles. The Kier molecular flexibility index (Phi) is 4.05. The molecule has 19 heavy (non-hydrogen) atoms. The third kappa shape index (κ3) is 3.05. The normalized spacial score (nSPS) is 10.6. The van der Waals surface area contributed by atoms with E-state index in [1.54, 1.807) is 19.3 Å². The Balaban J connectivity index is 2.29. The van der Waals surface area contributed by atoms with E-state index in [2.05, 4.69) is 4.98 Å². The lowest BCUT2D eigenvalue weighted by Gasteiger charge is -2.07. The number of rotatable bonds is 5. The smallest absolute Gasteiger partial charge is 0.165 e. The molecule has 1 aromatic heterocycles. The SMILES string of the molecule is CC(=O)CCCC(=O)c1cncc2cccc(C)c12. The first-order valence-corrected chi connectivity index (χ1v) is 6.45. The highest BCUT2D eigenvalue weighted by Crippen LogP contribution is 2.23. The molecule has 0 bridgehead atoms. The van der Waals surface area contributed by atoms with Crippen molar-refractivity contribution in [3.63, 3.8) is 0 Å². The Labute approximate surface area is 112 Å². The van der Waals surface area contributed by atoms with Crippen LogP contribution in [-0.2, 0) is 4.79 Å². The molecular formula is C16H17NO2. The second kappa shape index (κ2) is 5.74. The van der Waals surface area contributed by atoms with E-state index in [1.807, 2.05) is 25.1 Å². The maximum atomic E-state index is 12.2. The highest BCUT2D eigenvalue weighted by atomic mass is 16.1. The highest BCUT2D eigenvalue weighted by Gasteiger charge is 2.12. The zero-order chi connectivity index (χ0) is 13.8. The van der Waals surface area contributed by atoms with E-state index >= 15 is 0 Å². The minimum Gasteiger partial charge on any atom is -0.300 e. The summed E-state index contributed by atoms with van der Waals surface area (Å²) in [5.74, 6) is 0.189. The van der Waals surface area contributed by atoms with Gasteiger partial charge in [0.1, 0.15) is 5.78 Å². The van der Waals surface area contributed by atoms with Gasteiger partial charge in [-0.2, -0.15) is 0 Å². The summed E-state index contributed by atoms with van der Waals surface area (Å²) in [5, 5.41) is 1.96. The van der Waals surface area contributed by atoms with Gasteiger partial charge in [-0.25, -0.2) is 0 Å². The molecule has 0 saturated carbocycles. The number of carbonyl (C=O) groups is 2. The number of benzene rings is 1. The molecule has 1 heterocycles. The van der Waals surface area contributed by atoms with Gasteiger partial charge in [-0.1, -0.05) is 18.2 Å². The number of pyridine rings is 1. The van der Waals surface area contributed by atoms with Gasteiger partial charge in [0.15, 0.2) is 5.78 Å². The van der Waals surface area contributed by atoms with Crippen LogP contribution in [0.2, 0.25) is 0 Å². The summed E-state index contributed by atoms with van der Waals surface area (Å²) in [6, 6.07) is 5.92. The van der Waals surface area contributed by atoms with Gasteiger partial charge in [-0.15, -0.1) is 0 Å². The van der Waals surface area contributed by atoms with E-state index in [4.69, 9.17) is 0 Å². The molecule has 1 aromatic carbocycles. The maximum absolute atomic E-state index is 12.2. The van der Waals surface area contributed by atoms with Crippen molar-refractivity contribution in [3.05, 3.63) is 41.7 Å². The lowest BCUT2D eigenvalue weighted by molar-refractivity contribution is -0.117. The molecular weight excluding hydrogens is 238 g/mol. The van der Waals surface area contributed by atoms with Gasteiger partial charge in [0.25, 0.3) is 0 Å². The van der Waals surface area contributed by atoms with Gasteiger partial charge in [-0.3, -0.25) is 9.78 Å². The minimum atomic E-state index is 0.0636. The van der Waals surface area contributed by atoms with Crippen molar-refractivity contribution < 1.29 is 9.59 Å². The second-order valence-electron chi connectivity index (χ2n) is 4.84. The molecule has 0 fully saturated rings. The molecule has 0 unspecified atom stereocenters. The number of aromatic nitrogens is 1. The van der Waals surface area contributed by atoms with Crippen molar-refractivity contribution in [2.75, 3.05) is 0 Å². The summed E-state index contributed by atoms with van der Waals surface area (Å²) in [6.45, 7) is 3.54. The number of nitrogens with zero attached hydrogens (tertiary/aromatic N) is 1. The van der Waals surface area contributed by atoms with Crippen LogP contribution < -0.4 is 0 Å². The monoisotopic (exact) mass is 255 g/mol. The predicted molar refractivity (Wildman–Crippen MR) is 75.3 cm³/mol. The van der Waals surface area contributed by atoms with Gasteiger partial charge in [-0.05, 0) is 31.2 Å². The van der Waals surface area contributed by atoms with Crippen LogP contribution in [0.15, 0.2) is 30.6 Å². The molecule has 0 atom stereocenters. The molecule has 0 aliphatic carbocycles. The number of ketones is 2. The average molecular weight is 255 g/mol. The van der Waals surface area contributed by atoms with Crippen molar-refractivity contribution in [2.24, 2.45) is 0 Å². The molecule has 3 heteroatoms. The number of hydrogen-bond donors (Lipinski definition) is 0. The first-order chi connectivity index (χ1) is 9.09. The van der Waals surface area contributed by atoms with Gasteiger partial charge in [0.05, 0.1) is 0 Å². The summed E-state index contributed by atoms with van der Waals surface area (Å²) in [6.07, 6.45) is 4.87. The molecule has 3 nitrogen and oxygen atoms in total. The number of aryl methyl sites for hydroxylation is 1. The van der Waals surface area contributed by atoms with Crippen molar-refractivity contribution in [1.29, 1.82) is 0 Å². The standard InChI is InChI=1S/C16H17NO2/c1-11-5-3-7-13-9-17-10-14(16(11)13)15(19)8-4-6-12(2)18/h3,5,7,9-10H,4,6,8H2,1-2H3. The molecule has 0 N–H and O–H groups in total. The van der Waals surface area contributed by atoms with Crippen LogP contribution in [0.25, 0.3) is 10.8 Å². The van der Waals surface area contributed by atoms with Crippen molar-refractivity contribution in [1.82, 2.24) is 4.98 Å². The summed E-state index contributed by atoms with van der Waals surface area (Å²) < 4.78 is 0. The Bertz CT molecular complexity index is 626. The average Bonchev–Trinajstić information content (AvgIpc) is 2.38. The quantitative estimate of drug-likeness (QED) is 0.768. The Morgan fingerprint density at radius 1 is 1.16 bits per heavy atom. The van der Waals surface area contributed by atoms with Gasteiger partial charge >= 0.3 is 0 Å². The fourth-order valence-corrected chi connectivity index (χ4v) is 2.27. The zero-order valence-electron chi connectivity index (χ0n) is 11.3. The molecule has 0 saturated heterocycles. The van der Waals surface area contributed by atoms with E-state index < -0.39 is 0 Å². The van der Waals surface area contributed by atoms with E-state index in [9.17, 15) is 9.59 Å². The van der Waals surface area contributed by atoms with Crippen LogP contribution in [0, 0.1) is 6.92 Å². The van der Waals surface area contributed by atoms with Gasteiger partial charge in [0.2, 0.25) is 0 Å². The Morgan fingerprint density at radius 3 is 2.68 bits per heavy atom. The number of Topliss-reactive ketones (excluding diaryl/α,β-unsaturated/α-hetero) is 2. The van der Waals surface area contributed by atoms with E-state index in [-0.39, 0.29) is 11.6 Å². The van der Waals surface area contributed by atoms with Gasteiger partial charge in [0, 0.05) is 36.2 Å². The predicted octanol–water partition coefficient (Wildman–Crippen LogP) is 3.49. The summed E-state index contributed by atoms with van der Waals surface area (Å²) in [5.41, 5.74) is 1.74. The van der Waals surface area contributed by atoms with Crippen molar-refractivity contribution in [2.45, 2.75) is 33.1 Å². The number of fused-ring (bicyclic) bond motifs is 1. The molecule has 2 rings (SSSR count). The Morgan fingerprint density at radius 2 is 1.95 bits per heavy atom. The molecule has 0 aliphatic rings. The second-order valence-corrected chi connectivity index (χ2v) is 4.84. The van der Waals surface area contributed by atoms with Crippen molar-refractivity contribution in [3.8, 4) is 0 Å².